The molecule has 8 rings (SSSR count). The quantitative estimate of drug-likeness (QED) is 0.228. The molecule has 0 radical (unpaired) electrons. The van der Waals surface area contributed by atoms with Gasteiger partial charge in [0.1, 0.15) is 0 Å². The molecule has 7 aromatic rings. The molecule has 0 bridgehead atoms. The molecule has 0 fully saturated rings. The van der Waals surface area contributed by atoms with E-state index in [1.807, 2.05) is 0 Å². The SMILES string of the molecule is c1ccc(-n2c3c(c4ccccc42)-c2ccccc2[Si](c2ccccc2)(c2ccccc2)c2ccccc2-3)cc1. The van der Waals surface area contributed by atoms with Gasteiger partial charge in [-0.3, -0.25) is 0 Å². The van der Waals surface area contributed by atoms with E-state index in [-0.39, 0.29) is 0 Å². The Hall–Kier alpha value is -4.92. The monoisotopic (exact) mass is 525 g/mol. The summed E-state index contributed by atoms with van der Waals surface area (Å²) in [6.07, 6.45) is 0. The molecule has 2 heterocycles. The first kappa shape index (κ1) is 23.0. The molecule has 1 aromatic heterocycles. The molecule has 2 heteroatoms. The third-order valence-electron chi connectivity index (χ3n) is 8.49. The summed E-state index contributed by atoms with van der Waals surface area (Å²) in [5.74, 6) is 0. The third kappa shape index (κ3) is 3.14. The highest BCUT2D eigenvalue weighted by atomic mass is 28.3. The molecule has 0 saturated carbocycles. The highest BCUT2D eigenvalue weighted by Crippen LogP contribution is 2.44. The zero-order valence-electron chi connectivity index (χ0n) is 22.0. The van der Waals surface area contributed by atoms with E-state index in [0.29, 0.717) is 0 Å². The number of aromatic nitrogens is 1. The van der Waals surface area contributed by atoms with E-state index >= 15 is 0 Å². The average molecular weight is 526 g/mol. The van der Waals surface area contributed by atoms with Crippen molar-refractivity contribution in [1.82, 2.24) is 4.57 Å². The van der Waals surface area contributed by atoms with Crippen molar-refractivity contribution in [2.45, 2.75) is 0 Å². The Labute approximate surface area is 235 Å². The van der Waals surface area contributed by atoms with Crippen LogP contribution in [-0.2, 0) is 0 Å². The topological polar surface area (TPSA) is 4.93 Å². The molecule has 1 aliphatic heterocycles. The number of hydrogen-bond acceptors (Lipinski definition) is 0. The van der Waals surface area contributed by atoms with Gasteiger partial charge in [0.15, 0.2) is 8.07 Å². The number of nitrogens with zero attached hydrogens (tertiary/aromatic N) is 1. The van der Waals surface area contributed by atoms with Crippen LogP contribution in [0.2, 0.25) is 0 Å². The van der Waals surface area contributed by atoms with Crippen LogP contribution < -0.4 is 20.7 Å². The smallest absolute Gasteiger partial charge is 0.180 e. The van der Waals surface area contributed by atoms with Crippen LogP contribution in [0.15, 0.2) is 164 Å². The Kier molecular flexibility index (Phi) is 5.22. The van der Waals surface area contributed by atoms with Gasteiger partial charge in [0.2, 0.25) is 0 Å². The Morgan fingerprint density at radius 2 is 0.875 bits per heavy atom. The fourth-order valence-electron chi connectivity index (χ4n) is 6.97. The minimum atomic E-state index is -2.71. The van der Waals surface area contributed by atoms with Crippen LogP contribution in [0.3, 0.4) is 0 Å². The summed E-state index contributed by atoms with van der Waals surface area (Å²) in [5.41, 5.74) is 7.66. The highest BCUT2D eigenvalue weighted by Gasteiger charge is 2.47. The molecular formula is C38H27NSi. The average Bonchev–Trinajstić information content (AvgIpc) is 3.33. The fraction of sp³-hybridized carbons (Fsp3) is 0. The van der Waals surface area contributed by atoms with Gasteiger partial charge < -0.3 is 4.57 Å². The molecule has 1 aliphatic rings. The zero-order valence-corrected chi connectivity index (χ0v) is 23.0. The second kappa shape index (κ2) is 9.08. The maximum absolute atomic E-state index is 2.71. The van der Waals surface area contributed by atoms with Crippen molar-refractivity contribution in [3.8, 4) is 28.1 Å². The van der Waals surface area contributed by atoms with E-state index < -0.39 is 8.07 Å². The van der Waals surface area contributed by atoms with Crippen molar-refractivity contribution in [1.29, 1.82) is 0 Å². The number of fused-ring (bicyclic) bond motifs is 7. The van der Waals surface area contributed by atoms with Gasteiger partial charge >= 0.3 is 0 Å². The second-order valence-corrected chi connectivity index (χ2v) is 14.2. The first-order valence-electron chi connectivity index (χ1n) is 13.9. The van der Waals surface area contributed by atoms with Gasteiger partial charge in [0, 0.05) is 16.6 Å². The van der Waals surface area contributed by atoms with Crippen molar-refractivity contribution in [2.24, 2.45) is 0 Å². The van der Waals surface area contributed by atoms with Gasteiger partial charge in [0.05, 0.1) is 11.2 Å². The first-order valence-corrected chi connectivity index (χ1v) is 15.9. The minimum Gasteiger partial charge on any atom is -0.309 e. The lowest BCUT2D eigenvalue weighted by Crippen LogP contribution is -2.75. The number of benzene rings is 6. The van der Waals surface area contributed by atoms with E-state index in [9.17, 15) is 0 Å². The molecule has 0 aliphatic carbocycles. The molecule has 0 amide bonds. The lowest BCUT2D eigenvalue weighted by Gasteiger charge is -2.35. The molecule has 0 saturated heterocycles. The summed E-state index contributed by atoms with van der Waals surface area (Å²) in [5, 5.41) is 6.96. The normalized spacial score (nSPS) is 13.2. The molecule has 0 spiro atoms. The minimum absolute atomic E-state index is 1.18. The summed E-state index contributed by atoms with van der Waals surface area (Å²) >= 11 is 0. The van der Waals surface area contributed by atoms with Crippen molar-refractivity contribution < 1.29 is 0 Å². The second-order valence-electron chi connectivity index (χ2n) is 10.5. The van der Waals surface area contributed by atoms with Gasteiger partial charge in [-0.1, -0.05) is 146 Å². The van der Waals surface area contributed by atoms with Crippen LogP contribution in [0.25, 0.3) is 39.0 Å². The third-order valence-corrected chi connectivity index (χ3v) is 13.4. The van der Waals surface area contributed by atoms with Gasteiger partial charge in [-0.2, -0.15) is 0 Å². The Balaban J connectivity index is 1.65. The number of para-hydroxylation sites is 2. The van der Waals surface area contributed by atoms with Crippen molar-refractivity contribution in [2.75, 3.05) is 0 Å². The standard InChI is InChI=1S/C38H27NSi/c1-4-16-28(17-5-1)39-34-25-13-10-22-31(34)37-32-23-11-14-26-35(32)40(29-18-6-2-7-19-29,30-20-8-3-9-21-30)36-27-15-12-24-33(36)38(37)39/h1-27H. The van der Waals surface area contributed by atoms with Gasteiger partial charge in [-0.05, 0) is 50.1 Å². The first-order chi connectivity index (χ1) is 19.9. The highest BCUT2D eigenvalue weighted by molar-refractivity contribution is 7.21. The predicted octanol–water partition coefficient (Wildman–Crippen LogP) is 6.66. The van der Waals surface area contributed by atoms with Crippen LogP contribution in [0.4, 0.5) is 0 Å². The van der Waals surface area contributed by atoms with E-state index in [1.165, 1.54) is 59.7 Å². The maximum atomic E-state index is 2.49. The number of rotatable bonds is 3. The maximum Gasteiger partial charge on any atom is 0.180 e. The van der Waals surface area contributed by atoms with E-state index in [1.54, 1.807) is 0 Å². The van der Waals surface area contributed by atoms with Gasteiger partial charge in [-0.15, -0.1) is 0 Å². The lowest BCUT2D eigenvalue weighted by atomic mass is 9.98. The molecular weight excluding hydrogens is 499 g/mol. The molecule has 188 valence electrons. The van der Waals surface area contributed by atoms with Crippen molar-refractivity contribution in [3.05, 3.63) is 164 Å². The fourth-order valence-corrected chi connectivity index (χ4v) is 12.1. The van der Waals surface area contributed by atoms with E-state index in [2.05, 4.69) is 168 Å². The largest absolute Gasteiger partial charge is 0.309 e. The van der Waals surface area contributed by atoms with Crippen LogP contribution in [0.1, 0.15) is 0 Å². The Morgan fingerprint density at radius 1 is 0.400 bits per heavy atom. The van der Waals surface area contributed by atoms with E-state index in [4.69, 9.17) is 0 Å². The van der Waals surface area contributed by atoms with E-state index in [0.717, 1.165) is 0 Å². The van der Waals surface area contributed by atoms with Crippen molar-refractivity contribution >= 4 is 39.7 Å². The number of hydrogen-bond donors (Lipinski definition) is 0. The molecule has 1 nitrogen and oxygen atoms in total. The predicted molar refractivity (Wildman–Crippen MR) is 171 cm³/mol. The molecule has 40 heavy (non-hydrogen) atoms. The summed E-state index contributed by atoms with van der Waals surface area (Å²) in [6, 6.07) is 60.6. The molecule has 6 aromatic carbocycles. The Morgan fingerprint density at radius 3 is 1.52 bits per heavy atom. The molecule has 0 atom stereocenters. The summed E-state index contributed by atoms with van der Waals surface area (Å²) in [4.78, 5) is 0. The zero-order chi connectivity index (χ0) is 26.5. The van der Waals surface area contributed by atoms with Crippen LogP contribution in [-0.4, -0.2) is 12.6 Å². The summed E-state index contributed by atoms with van der Waals surface area (Å²) in [6.45, 7) is 0. The molecule has 0 N–H and O–H groups in total. The lowest BCUT2D eigenvalue weighted by molar-refractivity contribution is 1.14. The summed E-state index contributed by atoms with van der Waals surface area (Å²) < 4.78 is 2.49. The van der Waals surface area contributed by atoms with Gasteiger partial charge in [-0.25, -0.2) is 0 Å². The van der Waals surface area contributed by atoms with Crippen LogP contribution >= 0.6 is 0 Å². The molecule has 0 unspecified atom stereocenters. The van der Waals surface area contributed by atoms with Crippen LogP contribution in [0, 0.1) is 0 Å². The van der Waals surface area contributed by atoms with Gasteiger partial charge in [0.25, 0.3) is 0 Å². The van der Waals surface area contributed by atoms with Crippen LogP contribution in [0.5, 0.6) is 0 Å². The van der Waals surface area contributed by atoms with Crippen molar-refractivity contribution in [3.63, 3.8) is 0 Å². The Bertz CT molecular complexity index is 1950. The summed E-state index contributed by atoms with van der Waals surface area (Å²) in [7, 11) is -2.71.